The Labute approximate surface area is 131 Å². The number of aliphatic hydroxyl groups excluding tert-OH is 1. The molecule has 0 radical (unpaired) electrons. The summed E-state index contributed by atoms with van der Waals surface area (Å²) in [6, 6.07) is 0. The van der Waals surface area contributed by atoms with Crippen molar-refractivity contribution in [3.05, 3.63) is 0 Å². The molecule has 0 saturated heterocycles. The van der Waals surface area contributed by atoms with Crippen LogP contribution < -0.4 is 0 Å². The fourth-order valence-electron chi connectivity index (χ4n) is 0. The van der Waals surface area contributed by atoms with E-state index in [0.717, 1.165) is 0 Å². The quantitative estimate of drug-likeness (QED) is 0.138. The van der Waals surface area contributed by atoms with Crippen LogP contribution in [-0.4, -0.2) is 95.8 Å². The molecule has 0 bridgehead atoms. The van der Waals surface area contributed by atoms with E-state index in [2.05, 4.69) is 0 Å². The molecule has 0 rings (SSSR count). The summed E-state index contributed by atoms with van der Waals surface area (Å²) >= 11 is 4.94. The molecule has 15 heavy (non-hydrogen) atoms. The van der Waals surface area contributed by atoms with Gasteiger partial charge in [0.1, 0.15) is 0 Å². The van der Waals surface area contributed by atoms with Crippen LogP contribution in [0.25, 0.3) is 0 Å². The summed E-state index contributed by atoms with van der Waals surface area (Å²) < 4.78 is 17.8. The van der Waals surface area contributed by atoms with Gasteiger partial charge in [0.15, 0.2) is 0 Å². The molecule has 0 spiro atoms. The van der Waals surface area contributed by atoms with Gasteiger partial charge >= 0.3 is 64.5 Å². The molecule has 0 aliphatic rings. The first kappa shape index (κ1) is 25.8. The van der Waals surface area contributed by atoms with Crippen molar-refractivity contribution in [2.45, 2.75) is 0 Å². The van der Waals surface area contributed by atoms with E-state index in [-0.39, 0.29) is 55.5 Å². The molecule has 0 amide bonds. The molecule has 9 nitrogen and oxygen atoms in total. The summed E-state index contributed by atoms with van der Waals surface area (Å²) in [5, 5.41) is 7.74. The van der Waals surface area contributed by atoms with Crippen LogP contribution in [0.3, 0.4) is 0 Å². The van der Waals surface area contributed by atoms with E-state index in [1.807, 2.05) is 0 Å². The standard InChI is InChI=1S/C2H5ClO.Ba.2H3O4P.2H/c3-1-2-4;;2*1-5(2,3)4;;/h4H,1-2H2;;2*(H3,1,2,3,4);;. The van der Waals surface area contributed by atoms with Gasteiger partial charge in [-0.1, -0.05) is 0 Å². The summed E-state index contributed by atoms with van der Waals surface area (Å²) in [4.78, 5) is 43.1. The number of rotatable bonds is 1. The zero-order chi connectivity index (χ0) is 12.4. The van der Waals surface area contributed by atoms with Gasteiger partial charge in [-0.05, 0) is 0 Å². The number of hydrogen-bond donors (Lipinski definition) is 7. The topological polar surface area (TPSA) is 176 Å². The molecular formula is C2H13BaClO9P2. The van der Waals surface area contributed by atoms with Gasteiger partial charge < -0.3 is 34.5 Å². The second-order valence-corrected chi connectivity index (χ2v) is 3.87. The van der Waals surface area contributed by atoms with E-state index < -0.39 is 15.6 Å². The van der Waals surface area contributed by atoms with Crippen LogP contribution in [0.5, 0.6) is 0 Å². The summed E-state index contributed by atoms with van der Waals surface area (Å²) in [6.45, 7) is 0.0849. The number of aliphatic hydroxyl groups is 1. The van der Waals surface area contributed by atoms with Crippen molar-refractivity contribution in [2.75, 3.05) is 12.5 Å². The Kier molecular flexibility index (Phi) is 24.2. The Morgan fingerprint density at radius 1 is 0.867 bits per heavy atom. The number of halogens is 1. The van der Waals surface area contributed by atoms with Crippen LogP contribution >= 0.6 is 27.2 Å². The number of phosphoric acid groups is 2. The van der Waals surface area contributed by atoms with Crippen molar-refractivity contribution in [3.63, 3.8) is 0 Å². The van der Waals surface area contributed by atoms with E-state index in [1.165, 1.54) is 0 Å². The van der Waals surface area contributed by atoms with Gasteiger partial charge in [-0.3, -0.25) is 0 Å². The summed E-state index contributed by atoms with van der Waals surface area (Å²) in [7, 11) is -9.28. The molecule has 0 heterocycles. The molecule has 0 saturated carbocycles. The van der Waals surface area contributed by atoms with E-state index in [4.69, 9.17) is 55.2 Å². The van der Waals surface area contributed by atoms with E-state index in [1.54, 1.807) is 0 Å². The van der Waals surface area contributed by atoms with Crippen molar-refractivity contribution < 1.29 is 43.6 Å². The summed E-state index contributed by atoms with van der Waals surface area (Å²) in [6.07, 6.45) is 0. The van der Waals surface area contributed by atoms with Gasteiger partial charge in [0, 0.05) is 5.88 Å². The fraction of sp³-hybridized carbons (Fsp3) is 1.00. The van der Waals surface area contributed by atoms with Crippen LogP contribution in [0.15, 0.2) is 0 Å². The predicted octanol–water partition coefficient (Wildman–Crippen LogP) is -2.56. The Morgan fingerprint density at radius 3 is 0.933 bits per heavy atom. The van der Waals surface area contributed by atoms with E-state index >= 15 is 0 Å². The molecule has 0 fully saturated rings. The zero-order valence-corrected chi connectivity index (χ0v) is 9.18. The van der Waals surface area contributed by atoms with Crippen molar-refractivity contribution in [2.24, 2.45) is 0 Å². The van der Waals surface area contributed by atoms with E-state index in [0.29, 0.717) is 5.88 Å². The Hall–Kier alpha value is 2.04. The van der Waals surface area contributed by atoms with Crippen molar-refractivity contribution in [1.82, 2.24) is 0 Å². The number of hydrogen-bond acceptors (Lipinski definition) is 3. The first-order valence-electron chi connectivity index (χ1n) is 2.65. The minimum atomic E-state index is -4.64. The predicted molar refractivity (Wildman–Crippen MR) is 54.9 cm³/mol. The molecule has 13 heteroatoms. The maximum atomic E-state index is 8.88. The number of alkyl halides is 1. The summed E-state index contributed by atoms with van der Waals surface area (Å²) in [5.41, 5.74) is 0. The van der Waals surface area contributed by atoms with Crippen molar-refractivity contribution in [1.29, 1.82) is 0 Å². The average Bonchev–Trinajstić information content (AvgIpc) is 1.79. The van der Waals surface area contributed by atoms with Gasteiger partial charge in [0.2, 0.25) is 0 Å². The third-order valence-electron chi connectivity index (χ3n) is 0.0845. The molecule has 0 unspecified atom stereocenters. The second kappa shape index (κ2) is 14.1. The third kappa shape index (κ3) is 342. The van der Waals surface area contributed by atoms with Gasteiger partial charge in [-0.15, -0.1) is 11.6 Å². The average molecular weight is 416 g/mol. The molecule has 0 aromatic heterocycles. The third-order valence-corrected chi connectivity index (χ3v) is 0.254. The monoisotopic (exact) mass is 416 g/mol. The van der Waals surface area contributed by atoms with Crippen LogP contribution in [0.1, 0.15) is 0 Å². The Balaban J connectivity index is -0.0000000590. The van der Waals surface area contributed by atoms with Crippen LogP contribution in [0.2, 0.25) is 0 Å². The molecule has 0 aliphatic heterocycles. The normalized spacial score (nSPS) is 9.87. The first-order chi connectivity index (χ1) is 5.91. The van der Waals surface area contributed by atoms with Crippen LogP contribution in [0.4, 0.5) is 0 Å². The molecule has 0 atom stereocenters. The molecule has 0 aliphatic carbocycles. The minimum absolute atomic E-state index is 0. The van der Waals surface area contributed by atoms with Gasteiger partial charge in [-0.2, -0.15) is 0 Å². The van der Waals surface area contributed by atoms with Gasteiger partial charge in [-0.25, -0.2) is 9.13 Å². The molecule has 0 aromatic carbocycles. The van der Waals surface area contributed by atoms with E-state index in [9.17, 15) is 0 Å². The summed E-state index contributed by atoms with van der Waals surface area (Å²) in [5.74, 6) is 0.347. The van der Waals surface area contributed by atoms with Gasteiger partial charge in [0.25, 0.3) is 0 Å². The van der Waals surface area contributed by atoms with Crippen molar-refractivity contribution in [3.8, 4) is 0 Å². The Bertz CT molecular complexity index is 160. The zero-order valence-electron chi connectivity index (χ0n) is 6.63. The van der Waals surface area contributed by atoms with Crippen LogP contribution in [0, 0.1) is 0 Å². The molecule has 0 aromatic rings. The van der Waals surface area contributed by atoms with Crippen LogP contribution in [-0.2, 0) is 9.13 Å². The maximum absolute atomic E-state index is 8.88. The van der Waals surface area contributed by atoms with Gasteiger partial charge in [0.05, 0.1) is 6.61 Å². The van der Waals surface area contributed by atoms with Crippen molar-refractivity contribution >= 4 is 76.1 Å². The fourth-order valence-corrected chi connectivity index (χ4v) is 0. The molecule has 94 valence electrons. The second-order valence-electron chi connectivity index (χ2n) is 1.44. The molecule has 7 N–H and O–H groups in total. The molecular weight excluding hydrogens is 403 g/mol. The SMILES string of the molecule is O=P(O)(O)O.O=P(O)(O)O.OCCCl.[BaH2]. The Morgan fingerprint density at radius 2 is 0.933 bits per heavy atom. The first-order valence-corrected chi connectivity index (χ1v) is 6.31.